The Bertz CT molecular complexity index is 1010. The van der Waals surface area contributed by atoms with Gasteiger partial charge in [0.15, 0.2) is 0 Å². The molecule has 1 aliphatic heterocycles. The third kappa shape index (κ3) is 2.81. The van der Waals surface area contributed by atoms with E-state index in [0.717, 1.165) is 10.8 Å². The van der Waals surface area contributed by atoms with Gasteiger partial charge in [0.1, 0.15) is 18.4 Å². The van der Waals surface area contributed by atoms with Gasteiger partial charge < -0.3 is 9.88 Å². The van der Waals surface area contributed by atoms with Gasteiger partial charge >= 0.3 is 6.18 Å². The van der Waals surface area contributed by atoms with E-state index < -0.39 is 18.5 Å². The number of fused-ring (bicyclic) bond motifs is 3. The average molecular weight is 347 g/mol. The van der Waals surface area contributed by atoms with E-state index in [1.807, 2.05) is 6.07 Å². The second-order valence-corrected chi connectivity index (χ2v) is 5.78. The molecule has 4 heterocycles. The van der Waals surface area contributed by atoms with Gasteiger partial charge in [0.05, 0.1) is 17.4 Å². The van der Waals surface area contributed by atoms with Gasteiger partial charge in [0.25, 0.3) is 0 Å². The van der Waals surface area contributed by atoms with Crippen molar-refractivity contribution < 1.29 is 18.0 Å². The highest BCUT2D eigenvalue weighted by molar-refractivity contribution is 6.08. The number of carbonyl (C=O) groups is 1. The predicted molar refractivity (Wildman–Crippen MR) is 84.4 cm³/mol. The Kier molecular flexibility index (Phi) is 3.45. The molecule has 0 atom stereocenters. The van der Waals surface area contributed by atoms with Crippen molar-refractivity contribution in [2.24, 2.45) is 0 Å². The topological polar surface area (TPSA) is 74.8 Å². The average Bonchev–Trinajstić information content (AvgIpc) is 3.22. The van der Waals surface area contributed by atoms with Crippen molar-refractivity contribution in [3.05, 3.63) is 36.6 Å². The number of rotatable bonds is 2. The molecule has 0 aromatic carbocycles. The van der Waals surface area contributed by atoms with Crippen LogP contribution in [0, 0.1) is 0 Å². The Balaban J connectivity index is 1.69. The molecular weight excluding hydrogens is 335 g/mol. The normalized spacial score (nSPS) is 15.2. The van der Waals surface area contributed by atoms with E-state index in [1.54, 1.807) is 18.5 Å². The van der Waals surface area contributed by atoms with Crippen LogP contribution in [0.3, 0.4) is 0 Å². The van der Waals surface area contributed by atoms with Crippen LogP contribution in [0.4, 0.5) is 13.2 Å². The van der Waals surface area contributed by atoms with Gasteiger partial charge in [-0.1, -0.05) is 6.08 Å². The van der Waals surface area contributed by atoms with Crippen molar-refractivity contribution in [1.29, 1.82) is 0 Å². The highest BCUT2D eigenvalue weighted by atomic mass is 19.4. The van der Waals surface area contributed by atoms with Crippen molar-refractivity contribution in [2.75, 3.05) is 13.1 Å². The number of carbonyl (C=O) groups excluding carboxylic acids is 1. The zero-order chi connectivity index (χ0) is 17.6. The number of hydrogen-bond donors (Lipinski definition) is 1. The number of amides is 1. The summed E-state index contributed by atoms with van der Waals surface area (Å²) in [4.78, 5) is 28.7. The summed E-state index contributed by atoms with van der Waals surface area (Å²) in [6.45, 7) is 0.229. The zero-order valence-corrected chi connectivity index (χ0v) is 12.8. The minimum atomic E-state index is -4.51. The first-order chi connectivity index (χ1) is 11.9. The smallest absolute Gasteiger partial charge is 0.346 e. The molecule has 1 amide bonds. The maximum Gasteiger partial charge on any atom is 0.397 e. The van der Waals surface area contributed by atoms with E-state index in [1.165, 1.54) is 11.2 Å². The second-order valence-electron chi connectivity index (χ2n) is 5.78. The lowest BCUT2D eigenvalue weighted by Crippen LogP contribution is -2.32. The summed E-state index contributed by atoms with van der Waals surface area (Å²) in [6.07, 6.45) is 0.514. The van der Waals surface area contributed by atoms with Crippen LogP contribution >= 0.6 is 0 Å². The first-order valence-corrected chi connectivity index (χ1v) is 7.53. The highest BCUT2D eigenvalue weighted by Gasteiger charge is 2.34. The minimum Gasteiger partial charge on any atom is -0.346 e. The maximum absolute atomic E-state index is 12.4. The Morgan fingerprint density at radius 2 is 2.12 bits per heavy atom. The minimum absolute atomic E-state index is 0.0925. The predicted octanol–water partition coefficient (Wildman–Crippen LogP) is 2.68. The maximum atomic E-state index is 12.4. The van der Waals surface area contributed by atoms with Crippen LogP contribution in [0.25, 0.3) is 27.5 Å². The van der Waals surface area contributed by atoms with Crippen LogP contribution in [0.1, 0.15) is 12.1 Å². The van der Waals surface area contributed by atoms with Crippen molar-refractivity contribution in [2.45, 2.75) is 12.6 Å². The summed E-state index contributed by atoms with van der Waals surface area (Å²) in [5.74, 6) is -0.939. The van der Waals surface area contributed by atoms with Crippen LogP contribution < -0.4 is 0 Å². The monoisotopic (exact) mass is 347 g/mol. The first kappa shape index (κ1) is 15.6. The van der Waals surface area contributed by atoms with Gasteiger partial charge in [-0.2, -0.15) is 13.2 Å². The molecule has 0 bridgehead atoms. The summed E-state index contributed by atoms with van der Waals surface area (Å²) in [7, 11) is 0. The van der Waals surface area contributed by atoms with Crippen LogP contribution in [-0.4, -0.2) is 50.0 Å². The quantitative estimate of drug-likeness (QED) is 0.773. The number of hydrogen-bond acceptors (Lipinski definition) is 4. The molecule has 1 N–H and O–H groups in total. The van der Waals surface area contributed by atoms with Gasteiger partial charge in [-0.3, -0.25) is 4.79 Å². The van der Waals surface area contributed by atoms with Gasteiger partial charge in [-0.05, 0) is 11.6 Å². The number of halogens is 3. The van der Waals surface area contributed by atoms with Crippen LogP contribution in [0.5, 0.6) is 0 Å². The highest BCUT2D eigenvalue weighted by Crippen LogP contribution is 2.31. The van der Waals surface area contributed by atoms with E-state index in [4.69, 9.17) is 0 Å². The third-order valence-corrected chi connectivity index (χ3v) is 4.11. The first-order valence-electron chi connectivity index (χ1n) is 7.53. The Hall–Kier alpha value is -2.97. The Labute approximate surface area is 139 Å². The third-order valence-electron chi connectivity index (χ3n) is 4.11. The SMILES string of the molecule is O=C(CC(F)(F)F)N1CC=C(c2ncnc3cnc4[nH]ccc4c23)C1. The van der Waals surface area contributed by atoms with Crippen LogP contribution in [0.15, 0.2) is 30.9 Å². The molecule has 25 heavy (non-hydrogen) atoms. The van der Waals surface area contributed by atoms with E-state index >= 15 is 0 Å². The number of H-pyrrole nitrogens is 1. The van der Waals surface area contributed by atoms with Crippen molar-refractivity contribution in [3.63, 3.8) is 0 Å². The summed E-state index contributed by atoms with van der Waals surface area (Å²) >= 11 is 0. The molecule has 3 aromatic heterocycles. The van der Waals surface area contributed by atoms with Gasteiger partial charge in [-0.25, -0.2) is 15.0 Å². The molecule has 0 saturated carbocycles. The molecule has 0 spiro atoms. The van der Waals surface area contributed by atoms with Crippen molar-refractivity contribution >= 4 is 33.4 Å². The van der Waals surface area contributed by atoms with Gasteiger partial charge in [0, 0.05) is 30.1 Å². The summed E-state index contributed by atoms with van der Waals surface area (Å²) in [5.41, 5.74) is 2.63. The lowest BCUT2D eigenvalue weighted by molar-refractivity contribution is -0.160. The lowest BCUT2D eigenvalue weighted by Gasteiger charge is -2.17. The van der Waals surface area contributed by atoms with E-state index in [-0.39, 0.29) is 13.1 Å². The second kappa shape index (κ2) is 5.54. The molecule has 9 heteroatoms. The Morgan fingerprint density at radius 1 is 1.28 bits per heavy atom. The zero-order valence-electron chi connectivity index (χ0n) is 12.8. The van der Waals surface area contributed by atoms with E-state index in [0.29, 0.717) is 22.4 Å². The molecule has 6 nitrogen and oxygen atoms in total. The molecule has 0 unspecified atom stereocenters. The molecule has 128 valence electrons. The van der Waals surface area contributed by atoms with E-state index in [2.05, 4.69) is 19.9 Å². The fourth-order valence-corrected chi connectivity index (χ4v) is 3.00. The number of nitrogens with one attached hydrogen (secondary N) is 1. The molecule has 0 fully saturated rings. The number of pyridine rings is 1. The number of aromatic nitrogens is 4. The number of alkyl halides is 3. The molecule has 0 saturated heterocycles. The summed E-state index contributed by atoms with van der Waals surface area (Å²) in [5, 5.41) is 1.60. The number of nitrogens with zero attached hydrogens (tertiary/aromatic N) is 4. The van der Waals surface area contributed by atoms with Crippen LogP contribution in [-0.2, 0) is 4.79 Å². The van der Waals surface area contributed by atoms with E-state index in [9.17, 15) is 18.0 Å². The van der Waals surface area contributed by atoms with Crippen molar-refractivity contribution in [1.82, 2.24) is 24.8 Å². The fraction of sp³-hybridized carbons (Fsp3) is 0.250. The molecule has 1 aliphatic rings. The summed E-state index contributed by atoms with van der Waals surface area (Å²) < 4.78 is 37.3. The molecular formula is C16H12F3N5O. The number of aromatic amines is 1. The standard InChI is InChI=1S/C16H12F3N5O/c17-16(18,19)5-12(25)24-4-2-9(7-24)14-13-10-1-3-20-15(10)21-6-11(13)22-8-23-14/h1-3,6,8H,4-5,7H2,(H,20,21). The van der Waals surface area contributed by atoms with Crippen LogP contribution in [0.2, 0.25) is 0 Å². The van der Waals surface area contributed by atoms with Gasteiger partial charge in [-0.15, -0.1) is 0 Å². The Morgan fingerprint density at radius 3 is 2.92 bits per heavy atom. The molecule has 0 aliphatic carbocycles. The van der Waals surface area contributed by atoms with Crippen molar-refractivity contribution in [3.8, 4) is 0 Å². The van der Waals surface area contributed by atoms with Gasteiger partial charge in [0.2, 0.25) is 5.91 Å². The molecule has 4 rings (SSSR count). The fourth-order valence-electron chi connectivity index (χ4n) is 3.00. The molecule has 3 aromatic rings. The largest absolute Gasteiger partial charge is 0.397 e. The molecule has 0 radical (unpaired) electrons. The summed E-state index contributed by atoms with van der Waals surface area (Å²) in [6, 6.07) is 1.85. The lowest BCUT2D eigenvalue weighted by atomic mass is 10.1.